The van der Waals surface area contributed by atoms with Crippen LogP contribution in [0.3, 0.4) is 0 Å². The van der Waals surface area contributed by atoms with Crippen molar-refractivity contribution in [3.63, 3.8) is 0 Å². The van der Waals surface area contributed by atoms with E-state index in [1.165, 1.54) is 18.4 Å². The second-order valence-electron chi connectivity index (χ2n) is 3.39. The number of carbonyl (C=O) groups is 1. The van der Waals surface area contributed by atoms with Gasteiger partial charge < -0.3 is 15.4 Å². The molecular weight excluding hydrogens is 214 g/mol. The van der Waals surface area contributed by atoms with Crippen LogP contribution in [-0.4, -0.2) is 31.2 Å². The van der Waals surface area contributed by atoms with Gasteiger partial charge in [-0.25, -0.2) is 9.78 Å². The summed E-state index contributed by atoms with van der Waals surface area (Å²) in [5.74, 6) is 0.327. The summed E-state index contributed by atoms with van der Waals surface area (Å²) in [5, 5.41) is 0.414. The van der Waals surface area contributed by atoms with Crippen LogP contribution in [0.15, 0.2) is 0 Å². The average Bonchev–Trinajstić information content (AvgIpc) is 2.84. The highest BCUT2D eigenvalue weighted by atomic mass is 32.1. The second kappa shape index (κ2) is 4.06. The average molecular weight is 227 g/mol. The lowest BCUT2D eigenvalue weighted by atomic mass is 10.4. The van der Waals surface area contributed by atoms with Gasteiger partial charge in [0.15, 0.2) is 15.8 Å². The number of anilines is 2. The monoisotopic (exact) mass is 227 g/mol. The Labute approximate surface area is 91.9 Å². The number of thiazole rings is 1. The first-order valence-electron chi connectivity index (χ1n) is 4.82. The molecule has 0 amide bonds. The van der Waals surface area contributed by atoms with E-state index < -0.39 is 0 Å². The van der Waals surface area contributed by atoms with Gasteiger partial charge in [-0.2, -0.15) is 0 Å². The number of nitrogen functional groups attached to an aromatic ring is 1. The third kappa shape index (κ3) is 1.90. The highest BCUT2D eigenvalue weighted by Gasteiger charge is 2.24. The third-order valence-corrected chi connectivity index (χ3v) is 3.26. The van der Waals surface area contributed by atoms with E-state index in [2.05, 4.69) is 9.88 Å². The molecule has 5 nitrogen and oxygen atoms in total. The zero-order valence-corrected chi connectivity index (χ0v) is 9.34. The minimum absolute atomic E-state index is 0.355. The van der Waals surface area contributed by atoms with Crippen LogP contribution < -0.4 is 10.6 Å². The molecule has 1 saturated heterocycles. The van der Waals surface area contributed by atoms with Crippen LogP contribution in [0.1, 0.15) is 22.5 Å². The fraction of sp³-hybridized carbons (Fsp3) is 0.556. The fourth-order valence-electron chi connectivity index (χ4n) is 1.70. The Kier molecular flexibility index (Phi) is 2.77. The number of hydrogen-bond donors (Lipinski definition) is 1. The van der Waals surface area contributed by atoms with Crippen LogP contribution in [-0.2, 0) is 4.74 Å². The Hall–Kier alpha value is -1.30. The van der Waals surface area contributed by atoms with Crippen molar-refractivity contribution < 1.29 is 9.53 Å². The first kappa shape index (κ1) is 10.2. The van der Waals surface area contributed by atoms with Crippen molar-refractivity contribution in [1.29, 1.82) is 0 Å². The maximum atomic E-state index is 11.5. The number of methoxy groups -OCH3 is 1. The molecule has 0 aromatic carbocycles. The Morgan fingerprint density at radius 3 is 2.80 bits per heavy atom. The highest BCUT2D eigenvalue weighted by molar-refractivity contribution is 7.17. The number of nitrogens with two attached hydrogens (primary N) is 1. The van der Waals surface area contributed by atoms with E-state index in [9.17, 15) is 4.79 Å². The van der Waals surface area contributed by atoms with Crippen molar-refractivity contribution >= 4 is 28.3 Å². The molecule has 0 spiro atoms. The zero-order chi connectivity index (χ0) is 10.8. The summed E-state index contributed by atoms with van der Waals surface area (Å²) in [7, 11) is 1.37. The molecular formula is C9H13N3O2S. The minimum Gasteiger partial charge on any atom is -0.465 e. The van der Waals surface area contributed by atoms with Gasteiger partial charge in [-0.15, -0.1) is 0 Å². The zero-order valence-electron chi connectivity index (χ0n) is 8.52. The summed E-state index contributed by atoms with van der Waals surface area (Å²) in [6.07, 6.45) is 2.27. The smallest absolute Gasteiger partial charge is 0.352 e. The van der Waals surface area contributed by atoms with Crippen molar-refractivity contribution in [3.05, 3.63) is 4.88 Å². The largest absolute Gasteiger partial charge is 0.465 e. The maximum absolute atomic E-state index is 11.5. The molecule has 1 aromatic heterocycles. The number of rotatable bonds is 2. The molecule has 0 radical (unpaired) electrons. The molecule has 0 unspecified atom stereocenters. The van der Waals surface area contributed by atoms with E-state index in [0.717, 1.165) is 25.9 Å². The first-order valence-corrected chi connectivity index (χ1v) is 5.63. The predicted molar refractivity (Wildman–Crippen MR) is 59.3 cm³/mol. The van der Waals surface area contributed by atoms with Crippen molar-refractivity contribution in [1.82, 2.24) is 4.98 Å². The standard InChI is InChI=1S/C9H13N3O2S/c1-14-8(13)6-7(11-9(10)15-6)12-4-2-3-5-12/h2-5H2,1H3,(H2,10,11). The SMILES string of the molecule is COC(=O)c1sc(N)nc1N1CCCC1. The molecule has 1 fully saturated rings. The van der Waals surface area contributed by atoms with Crippen molar-refractivity contribution in [3.8, 4) is 0 Å². The van der Waals surface area contributed by atoms with E-state index in [1.807, 2.05) is 0 Å². The van der Waals surface area contributed by atoms with Crippen LogP contribution >= 0.6 is 11.3 Å². The van der Waals surface area contributed by atoms with Crippen molar-refractivity contribution in [2.24, 2.45) is 0 Å². The van der Waals surface area contributed by atoms with Crippen LogP contribution in [0.5, 0.6) is 0 Å². The van der Waals surface area contributed by atoms with Crippen molar-refractivity contribution in [2.75, 3.05) is 30.8 Å². The van der Waals surface area contributed by atoms with Gasteiger partial charge >= 0.3 is 5.97 Å². The van der Waals surface area contributed by atoms with E-state index >= 15 is 0 Å². The fourth-order valence-corrected chi connectivity index (χ4v) is 2.47. The Bertz CT molecular complexity index is 371. The van der Waals surface area contributed by atoms with E-state index in [1.54, 1.807) is 0 Å². The summed E-state index contributed by atoms with van der Waals surface area (Å²) in [6.45, 7) is 1.88. The number of carbonyl (C=O) groups excluding carboxylic acids is 1. The third-order valence-electron chi connectivity index (χ3n) is 2.40. The molecule has 1 aliphatic rings. The van der Waals surface area contributed by atoms with E-state index in [-0.39, 0.29) is 5.97 Å². The summed E-state index contributed by atoms with van der Waals surface area (Å²) < 4.78 is 4.70. The summed E-state index contributed by atoms with van der Waals surface area (Å²) in [6, 6.07) is 0. The van der Waals surface area contributed by atoms with Gasteiger partial charge in [0, 0.05) is 13.1 Å². The van der Waals surface area contributed by atoms with Gasteiger partial charge in [-0.1, -0.05) is 11.3 Å². The second-order valence-corrected chi connectivity index (χ2v) is 4.42. The predicted octanol–water partition coefficient (Wildman–Crippen LogP) is 1.11. The Morgan fingerprint density at radius 1 is 1.53 bits per heavy atom. The van der Waals surface area contributed by atoms with E-state index in [4.69, 9.17) is 10.5 Å². The minimum atomic E-state index is -0.355. The van der Waals surface area contributed by atoms with Crippen LogP contribution in [0, 0.1) is 0 Å². The normalized spacial score (nSPS) is 15.7. The topological polar surface area (TPSA) is 68.5 Å². The maximum Gasteiger partial charge on any atom is 0.352 e. The summed E-state index contributed by atoms with van der Waals surface area (Å²) in [4.78, 5) is 18.2. The number of esters is 1. The van der Waals surface area contributed by atoms with Gasteiger partial charge in [0.1, 0.15) is 0 Å². The highest BCUT2D eigenvalue weighted by Crippen LogP contribution is 2.30. The molecule has 0 atom stereocenters. The summed E-state index contributed by atoms with van der Waals surface area (Å²) >= 11 is 1.18. The molecule has 1 aliphatic heterocycles. The van der Waals surface area contributed by atoms with Gasteiger partial charge in [-0.3, -0.25) is 0 Å². The molecule has 1 aromatic rings. The number of nitrogens with zero attached hydrogens (tertiary/aromatic N) is 2. The van der Waals surface area contributed by atoms with Crippen molar-refractivity contribution in [2.45, 2.75) is 12.8 Å². The lowest BCUT2D eigenvalue weighted by molar-refractivity contribution is 0.0606. The molecule has 2 rings (SSSR count). The van der Waals surface area contributed by atoms with Crippen LogP contribution in [0.25, 0.3) is 0 Å². The molecule has 0 bridgehead atoms. The molecule has 2 heterocycles. The number of ether oxygens (including phenoxy) is 1. The quantitative estimate of drug-likeness (QED) is 0.766. The van der Waals surface area contributed by atoms with E-state index in [0.29, 0.717) is 15.8 Å². The number of hydrogen-bond acceptors (Lipinski definition) is 6. The Morgan fingerprint density at radius 2 is 2.20 bits per heavy atom. The summed E-state index contributed by atoms with van der Waals surface area (Å²) in [5.41, 5.74) is 5.61. The van der Waals surface area contributed by atoms with Gasteiger partial charge in [0.25, 0.3) is 0 Å². The lowest BCUT2D eigenvalue weighted by Gasteiger charge is -2.14. The molecule has 15 heavy (non-hydrogen) atoms. The van der Waals surface area contributed by atoms with Gasteiger partial charge in [0.05, 0.1) is 7.11 Å². The lowest BCUT2D eigenvalue weighted by Crippen LogP contribution is -2.20. The first-order chi connectivity index (χ1) is 7.22. The number of aromatic nitrogens is 1. The molecule has 0 saturated carbocycles. The molecule has 2 N–H and O–H groups in total. The Balaban J connectivity index is 2.32. The van der Waals surface area contributed by atoms with Gasteiger partial charge in [0.2, 0.25) is 0 Å². The molecule has 6 heteroatoms. The molecule has 82 valence electrons. The van der Waals surface area contributed by atoms with Crippen LogP contribution in [0.2, 0.25) is 0 Å². The van der Waals surface area contributed by atoms with Crippen LogP contribution in [0.4, 0.5) is 10.9 Å². The van der Waals surface area contributed by atoms with Gasteiger partial charge in [-0.05, 0) is 12.8 Å². The molecule has 0 aliphatic carbocycles.